The van der Waals surface area contributed by atoms with E-state index in [1.54, 1.807) is 6.92 Å². The van der Waals surface area contributed by atoms with Crippen LogP contribution in [0.15, 0.2) is 34.6 Å². The van der Waals surface area contributed by atoms with Gasteiger partial charge in [0.05, 0.1) is 17.9 Å². The van der Waals surface area contributed by atoms with Crippen molar-refractivity contribution in [2.24, 2.45) is 5.92 Å². The van der Waals surface area contributed by atoms with Crippen LogP contribution in [0.4, 0.5) is 4.79 Å². The van der Waals surface area contributed by atoms with E-state index < -0.39 is 30.3 Å². The molecule has 1 N–H and O–H groups in total. The molecule has 0 aromatic rings. The molecule has 132 valence electrons. The molecule has 0 radical (unpaired) electrons. The van der Waals surface area contributed by atoms with Crippen LogP contribution in [0.25, 0.3) is 0 Å². The Labute approximate surface area is 144 Å². The minimum Gasteiger partial charge on any atom is -0.465 e. The Balaban J connectivity index is 1.61. The number of rotatable bonds is 2. The van der Waals surface area contributed by atoms with Crippen LogP contribution in [-0.4, -0.2) is 40.3 Å². The number of ether oxygens (including phenoxy) is 2. The Hall–Kier alpha value is -2.57. The van der Waals surface area contributed by atoms with Gasteiger partial charge in [-0.3, -0.25) is 4.79 Å². The first-order chi connectivity index (χ1) is 12.0. The lowest BCUT2D eigenvalue weighted by atomic mass is 9.92. The van der Waals surface area contributed by atoms with Gasteiger partial charge in [-0.1, -0.05) is 5.57 Å². The summed E-state index contributed by atoms with van der Waals surface area (Å²) in [6.45, 7) is 1.62. The van der Waals surface area contributed by atoms with Gasteiger partial charge < -0.3 is 14.6 Å². The van der Waals surface area contributed by atoms with Crippen LogP contribution in [0.1, 0.15) is 39.0 Å². The smallest absolute Gasteiger partial charge is 0.414 e. The number of imide groups is 1. The van der Waals surface area contributed by atoms with E-state index in [-0.39, 0.29) is 5.92 Å². The zero-order chi connectivity index (χ0) is 17.7. The van der Waals surface area contributed by atoms with Crippen molar-refractivity contribution >= 4 is 18.0 Å². The fraction of sp³-hybridized carbons (Fsp3) is 0.500. The highest BCUT2D eigenvalue weighted by Gasteiger charge is 2.53. The second kappa shape index (κ2) is 5.75. The molecular formula is C18H19NO6. The van der Waals surface area contributed by atoms with Crippen molar-refractivity contribution in [1.82, 2.24) is 4.90 Å². The summed E-state index contributed by atoms with van der Waals surface area (Å²) < 4.78 is 10.4. The molecule has 7 nitrogen and oxygen atoms in total. The number of amides is 2. The Morgan fingerprint density at radius 1 is 1.36 bits per heavy atom. The van der Waals surface area contributed by atoms with Gasteiger partial charge in [0.25, 0.3) is 12.2 Å². The molecule has 2 aliphatic carbocycles. The van der Waals surface area contributed by atoms with Crippen molar-refractivity contribution in [3.63, 3.8) is 0 Å². The van der Waals surface area contributed by atoms with Gasteiger partial charge in [0.15, 0.2) is 0 Å². The number of esters is 1. The van der Waals surface area contributed by atoms with Gasteiger partial charge in [-0.25, -0.2) is 14.5 Å². The number of cyclic esters (lactones) is 1. The van der Waals surface area contributed by atoms with Gasteiger partial charge in [0, 0.05) is 17.6 Å². The van der Waals surface area contributed by atoms with Gasteiger partial charge in [-0.05, 0) is 44.6 Å². The molecule has 0 aromatic carbocycles. The van der Waals surface area contributed by atoms with Gasteiger partial charge in [0.2, 0.25) is 0 Å². The van der Waals surface area contributed by atoms with E-state index in [1.807, 2.05) is 0 Å². The normalized spacial score (nSPS) is 32.7. The second-order valence-corrected chi connectivity index (χ2v) is 6.88. The standard InChI is InChI=1S/C18H19NO6/c1-9-6-14(25-17(9)21)24-8-13-12-7-10-4-2-3-5-11(10)15(12)19(16(13)20)18(22)23/h6,8,12,14-15H,2-5,7H2,1H3,(H,22,23)/t12-,14-,15-/m1/s1. The third-order valence-corrected chi connectivity index (χ3v) is 5.44. The van der Waals surface area contributed by atoms with Crippen LogP contribution in [0, 0.1) is 5.92 Å². The van der Waals surface area contributed by atoms with E-state index in [2.05, 4.69) is 0 Å². The maximum atomic E-state index is 12.6. The van der Waals surface area contributed by atoms with Crippen molar-refractivity contribution < 1.29 is 29.0 Å². The zero-order valence-electron chi connectivity index (χ0n) is 13.9. The van der Waals surface area contributed by atoms with Gasteiger partial charge in [-0.2, -0.15) is 0 Å². The van der Waals surface area contributed by atoms with E-state index in [0.29, 0.717) is 17.6 Å². The van der Waals surface area contributed by atoms with Crippen LogP contribution >= 0.6 is 0 Å². The van der Waals surface area contributed by atoms with Crippen LogP contribution < -0.4 is 0 Å². The van der Waals surface area contributed by atoms with Crippen LogP contribution in [0.2, 0.25) is 0 Å². The van der Waals surface area contributed by atoms with Crippen molar-refractivity contribution in [1.29, 1.82) is 0 Å². The fourth-order valence-electron chi connectivity index (χ4n) is 4.30. The summed E-state index contributed by atoms with van der Waals surface area (Å²) in [6.07, 6.45) is 5.38. The molecule has 1 fully saturated rings. The quantitative estimate of drug-likeness (QED) is 0.358. The highest BCUT2D eigenvalue weighted by Crippen LogP contribution is 2.49. The minimum atomic E-state index is -1.23. The molecule has 0 unspecified atom stereocenters. The summed E-state index contributed by atoms with van der Waals surface area (Å²) in [6, 6.07) is -0.404. The van der Waals surface area contributed by atoms with Gasteiger partial charge >= 0.3 is 12.1 Å². The number of carbonyl (C=O) groups excluding carboxylic acids is 2. The number of likely N-dealkylation sites (tertiary alicyclic amines) is 1. The molecular weight excluding hydrogens is 326 g/mol. The van der Waals surface area contributed by atoms with Crippen LogP contribution in [-0.2, 0) is 19.1 Å². The molecule has 4 aliphatic rings. The fourth-order valence-corrected chi connectivity index (χ4v) is 4.30. The number of hydrogen-bond donors (Lipinski definition) is 1. The average Bonchev–Trinajstić information content (AvgIpc) is 3.17. The lowest BCUT2D eigenvalue weighted by Crippen LogP contribution is -2.39. The molecule has 0 aromatic heterocycles. The molecule has 7 heteroatoms. The molecule has 25 heavy (non-hydrogen) atoms. The third-order valence-electron chi connectivity index (χ3n) is 5.44. The monoisotopic (exact) mass is 345 g/mol. The number of nitrogens with zero attached hydrogens (tertiary/aromatic N) is 1. The van der Waals surface area contributed by atoms with E-state index in [4.69, 9.17) is 9.47 Å². The van der Waals surface area contributed by atoms with Crippen molar-refractivity contribution in [3.05, 3.63) is 34.6 Å². The van der Waals surface area contributed by atoms with Gasteiger partial charge in [0.1, 0.15) is 0 Å². The van der Waals surface area contributed by atoms with E-state index in [1.165, 1.54) is 17.9 Å². The molecule has 0 saturated carbocycles. The Morgan fingerprint density at radius 2 is 2.12 bits per heavy atom. The minimum absolute atomic E-state index is 0.200. The third kappa shape index (κ3) is 2.45. The highest BCUT2D eigenvalue weighted by atomic mass is 16.7. The molecule has 2 aliphatic heterocycles. The summed E-state index contributed by atoms with van der Waals surface area (Å²) in [5.74, 6) is -1.19. The van der Waals surface area contributed by atoms with E-state index >= 15 is 0 Å². The molecule has 2 amide bonds. The molecule has 4 rings (SSSR count). The summed E-state index contributed by atoms with van der Waals surface area (Å²) in [5.41, 5.74) is 3.19. The number of carboxylic acid groups (broad SMARTS) is 1. The molecule has 0 bridgehead atoms. The number of hydrogen-bond acceptors (Lipinski definition) is 5. The highest BCUT2D eigenvalue weighted by molar-refractivity contribution is 6.06. The molecule has 3 atom stereocenters. The first kappa shape index (κ1) is 15.9. The molecule has 2 heterocycles. The Kier molecular flexibility index (Phi) is 3.67. The summed E-state index contributed by atoms with van der Waals surface area (Å²) >= 11 is 0. The predicted octanol–water partition coefficient (Wildman–Crippen LogP) is 2.50. The summed E-state index contributed by atoms with van der Waals surface area (Å²) in [7, 11) is 0. The molecule has 0 spiro atoms. The average molecular weight is 345 g/mol. The summed E-state index contributed by atoms with van der Waals surface area (Å²) in [4.78, 5) is 36.6. The summed E-state index contributed by atoms with van der Waals surface area (Å²) in [5, 5.41) is 9.52. The topological polar surface area (TPSA) is 93.1 Å². The maximum absolute atomic E-state index is 12.6. The Morgan fingerprint density at radius 3 is 2.80 bits per heavy atom. The van der Waals surface area contributed by atoms with Crippen molar-refractivity contribution in [2.75, 3.05) is 0 Å². The lowest BCUT2D eigenvalue weighted by Gasteiger charge is -2.24. The van der Waals surface area contributed by atoms with E-state index in [9.17, 15) is 19.5 Å². The number of carbonyl (C=O) groups is 3. The number of fused-ring (bicyclic) bond motifs is 2. The largest absolute Gasteiger partial charge is 0.465 e. The maximum Gasteiger partial charge on any atom is 0.414 e. The van der Waals surface area contributed by atoms with Crippen molar-refractivity contribution in [2.45, 2.75) is 51.4 Å². The number of allylic oxidation sites excluding steroid dienone is 1. The first-order valence-electron chi connectivity index (χ1n) is 8.49. The van der Waals surface area contributed by atoms with Crippen LogP contribution in [0.3, 0.4) is 0 Å². The zero-order valence-corrected chi connectivity index (χ0v) is 13.9. The Bertz CT molecular complexity index is 762. The van der Waals surface area contributed by atoms with Crippen LogP contribution in [0.5, 0.6) is 0 Å². The lowest BCUT2D eigenvalue weighted by molar-refractivity contribution is -0.152. The van der Waals surface area contributed by atoms with E-state index in [0.717, 1.165) is 36.2 Å². The SMILES string of the molecule is CC1=C[C@H](OC=C2C(=O)N(C(=O)O)[C@@H]3C4=C(CCCC4)C[C@H]23)OC1=O. The predicted molar refractivity (Wildman–Crippen MR) is 85.1 cm³/mol. The van der Waals surface area contributed by atoms with Crippen molar-refractivity contribution in [3.8, 4) is 0 Å². The first-order valence-corrected chi connectivity index (χ1v) is 8.49. The second-order valence-electron chi connectivity index (χ2n) is 6.88. The molecule has 1 saturated heterocycles. The van der Waals surface area contributed by atoms with Gasteiger partial charge in [-0.15, -0.1) is 0 Å².